The summed E-state index contributed by atoms with van der Waals surface area (Å²) < 4.78 is 10.5. The Bertz CT molecular complexity index is 769. The molecule has 0 aliphatic carbocycles. The average Bonchev–Trinajstić information content (AvgIpc) is 3.33. The first-order chi connectivity index (χ1) is 12.2. The van der Waals surface area contributed by atoms with Gasteiger partial charge in [-0.3, -0.25) is 4.79 Å². The molecule has 2 heterocycles. The molecule has 0 N–H and O–H groups in total. The van der Waals surface area contributed by atoms with Crippen molar-refractivity contribution < 1.29 is 13.9 Å². The van der Waals surface area contributed by atoms with Crippen LogP contribution in [0.4, 0.5) is 0 Å². The Morgan fingerprint density at radius 1 is 1.16 bits per heavy atom. The van der Waals surface area contributed by atoms with E-state index in [1.54, 1.807) is 35.7 Å². The highest BCUT2D eigenvalue weighted by Crippen LogP contribution is 2.16. The Kier molecular flexibility index (Phi) is 5.69. The lowest BCUT2D eigenvalue weighted by molar-refractivity contribution is -0.127. The number of methoxy groups -OCH3 is 1. The van der Waals surface area contributed by atoms with Crippen LogP contribution in [0.15, 0.2) is 70.7 Å². The van der Waals surface area contributed by atoms with Gasteiger partial charge in [0.15, 0.2) is 0 Å². The van der Waals surface area contributed by atoms with E-state index in [1.165, 1.54) is 0 Å². The number of rotatable bonds is 7. The Balaban J connectivity index is 1.71. The van der Waals surface area contributed by atoms with Crippen molar-refractivity contribution in [1.29, 1.82) is 0 Å². The molecule has 5 heteroatoms. The summed E-state index contributed by atoms with van der Waals surface area (Å²) in [6, 6.07) is 15.3. The van der Waals surface area contributed by atoms with Gasteiger partial charge < -0.3 is 14.1 Å². The molecule has 0 aliphatic heterocycles. The Hall–Kier alpha value is -2.79. The molecule has 0 spiro atoms. The van der Waals surface area contributed by atoms with E-state index < -0.39 is 0 Å². The fourth-order valence-electron chi connectivity index (χ4n) is 2.38. The van der Waals surface area contributed by atoms with Gasteiger partial charge in [-0.1, -0.05) is 18.2 Å². The smallest absolute Gasteiger partial charge is 0.247 e. The van der Waals surface area contributed by atoms with E-state index in [2.05, 4.69) is 0 Å². The third-order valence-electron chi connectivity index (χ3n) is 3.70. The minimum atomic E-state index is -0.0550. The quantitative estimate of drug-likeness (QED) is 0.583. The monoisotopic (exact) mass is 353 g/mol. The van der Waals surface area contributed by atoms with Crippen LogP contribution in [-0.2, 0) is 17.9 Å². The van der Waals surface area contributed by atoms with Crippen LogP contribution in [0.1, 0.15) is 16.2 Å². The minimum absolute atomic E-state index is 0.0550. The molecule has 0 radical (unpaired) electrons. The van der Waals surface area contributed by atoms with E-state index in [-0.39, 0.29) is 5.91 Å². The average molecular weight is 353 g/mol. The molecule has 0 unspecified atom stereocenters. The summed E-state index contributed by atoms with van der Waals surface area (Å²) in [5, 5.41) is 2.01. The maximum atomic E-state index is 12.7. The van der Waals surface area contributed by atoms with E-state index in [1.807, 2.05) is 60.0 Å². The van der Waals surface area contributed by atoms with Crippen LogP contribution in [0.3, 0.4) is 0 Å². The lowest BCUT2D eigenvalue weighted by atomic mass is 10.2. The van der Waals surface area contributed by atoms with Crippen LogP contribution in [0, 0.1) is 0 Å². The number of furan rings is 1. The molecule has 25 heavy (non-hydrogen) atoms. The molecule has 0 saturated carbocycles. The lowest BCUT2D eigenvalue weighted by Gasteiger charge is -2.19. The van der Waals surface area contributed by atoms with E-state index in [0.717, 1.165) is 22.0 Å². The number of thiophene rings is 1. The first kappa shape index (κ1) is 17.0. The minimum Gasteiger partial charge on any atom is -0.497 e. The molecule has 4 nitrogen and oxygen atoms in total. The summed E-state index contributed by atoms with van der Waals surface area (Å²) >= 11 is 1.64. The highest BCUT2D eigenvalue weighted by atomic mass is 32.1. The van der Waals surface area contributed by atoms with Crippen LogP contribution in [0.25, 0.3) is 6.08 Å². The van der Waals surface area contributed by atoms with Crippen LogP contribution in [0.5, 0.6) is 5.75 Å². The van der Waals surface area contributed by atoms with Crippen molar-refractivity contribution in [2.45, 2.75) is 13.1 Å². The van der Waals surface area contributed by atoms with E-state index in [9.17, 15) is 4.79 Å². The summed E-state index contributed by atoms with van der Waals surface area (Å²) in [6.07, 6.45) is 5.03. The second-order valence-electron chi connectivity index (χ2n) is 5.46. The van der Waals surface area contributed by atoms with Gasteiger partial charge in [0.2, 0.25) is 5.91 Å². The largest absolute Gasteiger partial charge is 0.497 e. The van der Waals surface area contributed by atoms with Crippen molar-refractivity contribution in [2.75, 3.05) is 7.11 Å². The van der Waals surface area contributed by atoms with E-state index >= 15 is 0 Å². The van der Waals surface area contributed by atoms with Crippen LogP contribution in [-0.4, -0.2) is 17.9 Å². The third-order valence-corrected chi connectivity index (χ3v) is 4.56. The summed E-state index contributed by atoms with van der Waals surface area (Å²) in [7, 11) is 1.63. The number of hydrogen-bond donors (Lipinski definition) is 0. The van der Waals surface area contributed by atoms with Gasteiger partial charge in [0.05, 0.1) is 26.5 Å². The number of ether oxygens (including phenoxy) is 1. The number of amides is 1. The van der Waals surface area contributed by atoms with Crippen molar-refractivity contribution in [3.63, 3.8) is 0 Å². The fourth-order valence-corrected chi connectivity index (χ4v) is 3.10. The maximum Gasteiger partial charge on any atom is 0.247 e. The van der Waals surface area contributed by atoms with Crippen molar-refractivity contribution in [2.24, 2.45) is 0 Å². The van der Waals surface area contributed by atoms with Gasteiger partial charge in [-0.2, -0.15) is 0 Å². The SMILES string of the molecule is COc1ccc(/C=C/C(=O)N(Cc2ccco2)Cc2cccs2)cc1. The number of carbonyl (C=O) groups is 1. The predicted molar refractivity (Wildman–Crippen MR) is 99.3 cm³/mol. The van der Waals surface area contributed by atoms with Crippen molar-refractivity contribution in [1.82, 2.24) is 4.90 Å². The zero-order chi connectivity index (χ0) is 17.5. The second kappa shape index (κ2) is 8.35. The molecule has 0 fully saturated rings. The summed E-state index contributed by atoms with van der Waals surface area (Å²) in [4.78, 5) is 15.6. The molecule has 0 bridgehead atoms. The fraction of sp³-hybridized carbons (Fsp3) is 0.150. The normalized spacial score (nSPS) is 10.9. The van der Waals surface area contributed by atoms with Crippen LogP contribution >= 0.6 is 11.3 Å². The molecule has 3 aromatic rings. The van der Waals surface area contributed by atoms with Gasteiger partial charge in [0.1, 0.15) is 11.5 Å². The zero-order valence-corrected chi connectivity index (χ0v) is 14.7. The second-order valence-corrected chi connectivity index (χ2v) is 6.49. The number of nitrogens with zero attached hydrogens (tertiary/aromatic N) is 1. The molecule has 3 rings (SSSR count). The highest BCUT2D eigenvalue weighted by Gasteiger charge is 2.14. The first-order valence-corrected chi connectivity index (χ1v) is 8.78. The van der Waals surface area contributed by atoms with E-state index in [4.69, 9.17) is 9.15 Å². The zero-order valence-electron chi connectivity index (χ0n) is 13.9. The standard InChI is InChI=1S/C20H19NO3S/c1-23-17-9-6-16(7-10-17)8-11-20(22)21(14-18-4-2-12-24-18)15-19-5-3-13-25-19/h2-13H,14-15H2,1H3/b11-8+. The van der Waals surface area contributed by atoms with Crippen molar-refractivity contribution >= 4 is 23.3 Å². The topological polar surface area (TPSA) is 42.7 Å². The van der Waals surface area contributed by atoms with Gasteiger partial charge in [-0.05, 0) is 47.4 Å². The van der Waals surface area contributed by atoms with Gasteiger partial charge in [0.25, 0.3) is 0 Å². The van der Waals surface area contributed by atoms with Crippen molar-refractivity contribution in [3.05, 3.63) is 82.5 Å². The summed E-state index contributed by atoms with van der Waals surface area (Å²) in [5.41, 5.74) is 0.947. The Morgan fingerprint density at radius 2 is 2.00 bits per heavy atom. The molecule has 2 aromatic heterocycles. The number of carbonyl (C=O) groups excluding carboxylic acids is 1. The van der Waals surface area contributed by atoms with Gasteiger partial charge >= 0.3 is 0 Å². The molecular weight excluding hydrogens is 334 g/mol. The third kappa shape index (κ3) is 4.84. The molecule has 1 aromatic carbocycles. The molecule has 128 valence electrons. The van der Waals surface area contributed by atoms with Gasteiger partial charge in [-0.25, -0.2) is 0 Å². The van der Waals surface area contributed by atoms with Crippen molar-refractivity contribution in [3.8, 4) is 5.75 Å². The summed E-state index contributed by atoms with van der Waals surface area (Å²) in [6.45, 7) is 1.00. The molecular formula is C20H19NO3S. The van der Waals surface area contributed by atoms with Crippen LogP contribution in [0.2, 0.25) is 0 Å². The Morgan fingerprint density at radius 3 is 2.64 bits per heavy atom. The molecule has 0 aliphatic rings. The van der Waals surface area contributed by atoms with Crippen LogP contribution < -0.4 is 4.74 Å². The van der Waals surface area contributed by atoms with Gasteiger partial charge in [-0.15, -0.1) is 11.3 Å². The maximum absolute atomic E-state index is 12.7. The Labute approximate surface area is 151 Å². The number of benzene rings is 1. The first-order valence-electron chi connectivity index (χ1n) is 7.90. The predicted octanol–water partition coefficient (Wildman–Crippen LogP) is 4.59. The highest BCUT2D eigenvalue weighted by molar-refractivity contribution is 7.09. The summed E-state index contributed by atoms with van der Waals surface area (Å²) in [5.74, 6) is 1.50. The lowest BCUT2D eigenvalue weighted by Crippen LogP contribution is -2.27. The number of hydrogen-bond acceptors (Lipinski definition) is 4. The van der Waals surface area contributed by atoms with Gasteiger partial charge in [0, 0.05) is 11.0 Å². The molecule has 0 saturated heterocycles. The van der Waals surface area contributed by atoms with E-state index in [0.29, 0.717) is 13.1 Å². The molecule has 1 amide bonds. The molecule has 0 atom stereocenters.